The summed E-state index contributed by atoms with van der Waals surface area (Å²) < 4.78 is 5.44. The van der Waals surface area contributed by atoms with Crippen LogP contribution in [0, 0.1) is 6.92 Å². The molecule has 3 aromatic rings. The van der Waals surface area contributed by atoms with Gasteiger partial charge in [0, 0.05) is 24.7 Å². The first-order valence-corrected chi connectivity index (χ1v) is 6.61. The van der Waals surface area contributed by atoms with E-state index in [1.54, 1.807) is 12.1 Å². The van der Waals surface area contributed by atoms with Crippen LogP contribution in [-0.4, -0.2) is 10.9 Å². The van der Waals surface area contributed by atoms with E-state index in [1.807, 2.05) is 37.3 Å². The molecule has 3 N–H and O–H groups in total. The molecule has 1 heterocycles. The minimum atomic E-state index is -0.415. The van der Waals surface area contributed by atoms with Crippen molar-refractivity contribution >= 4 is 22.7 Å². The van der Waals surface area contributed by atoms with Crippen molar-refractivity contribution in [2.45, 2.75) is 13.5 Å². The molecule has 5 heteroatoms. The third-order valence-electron chi connectivity index (χ3n) is 3.23. The van der Waals surface area contributed by atoms with E-state index in [9.17, 15) is 4.79 Å². The molecule has 0 aliphatic rings. The van der Waals surface area contributed by atoms with Crippen molar-refractivity contribution in [1.82, 2.24) is 4.98 Å². The molecule has 0 saturated carbocycles. The van der Waals surface area contributed by atoms with Gasteiger partial charge in [-0.1, -0.05) is 12.1 Å². The number of primary amides is 1. The number of aromatic nitrogens is 1. The second kappa shape index (κ2) is 5.28. The zero-order chi connectivity index (χ0) is 14.8. The van der Waals surface area contributed by atoms with Gasteiger partial charge >= 0.3 is 0 Å². The second-order valence-electron chi connectivity index (χ2n) is 4.83. The first kappa shape index (κ1) is 13.2. The summed E-state index contributed by atoms with van der Waals surface area (Å²) in [5.74, 6) is 0.241. The van der Waals surface area contributed by atoms with Crippen molar-refractivity contribution in [2.75, 3.05) is 5.32 Å². The Hall–Kier alpha value is -2.82. The van der Waals surface area contributed by atoms with Crippen LogP contribution in [0.4, 0.5) is 5.69 Å². The van der Waals surface area contributed by atoms with Crippen LogP contribution in [0.2, 0.25) is 0 Å². The number of hydrogen-bond acceptors (Lipinski definition) is 4. The van der Waals surface area contributed by atoms with Crippen LogP contribution in [0.1, 0.15) is 21.8 Å². The van der Waals surface area contributed by atoms with E-state index >= 15 is 0 Å². The lowest BCUT2D eigenvalue weighted by Crippen LogP contribution is -2.10. The zero-order valence-electron chi connectivity index (χ0n) is 11.6. The monoisotopic (exact) mass is 281 g/mol. The van der Waals surface area contributed by atoms with Gasteiger partial charge in [-0.3, -0.25) is 4.79 Å². The maximum absolute atomic E-state index is 11.0. The number of carbonyl (C=O) groups excluding carboxylic acids is 1. The van der Waals surface area contributed by atoms with Gasteiger partial charge in [0.05, 0.1) is 0 Å². The van der Waals surface area contributed by atoms with Crippen molar-refractivity contribution in [2.24, 2.45) is 5.73 Å². The molecule has 0 aliphatic heterocycles. The maximum Gasteiger partial charge on any atom is 0.248 e. The summed E-state index contributed by atoms with van der Waals surface area (Å²) in [7, 11) is 0. The summed E-state index contributed by atoms with van der Waals surface area (Å²) in [5.41, 5.74) is 9.38. The van der Waals surface area contributed by atoms with Gasteiger partial charge in [-0.15, -0.1) is 0 Å². The SMILES string of the molecule is Cc1nc2cc(NCc3ccc(C(N)=O)cc3)ccc2o1. The van der Waals surface area contributed by atoms with Crippen LogP contribution in [0.3, 0.4) is 0 Å². The van der Waals surface area contributed by atoms with Gasteiger partial charge in [0.25, 0.3) is 0 Å². The highest BCUT2D eigenvalue weighted by molar-refractivity contribution is 5.92. The summed E-state index contributed by atoms with van der Waals surface area (Å²) in [4.78, 5) is 15.3. The van der Waals surface area contributed by atoms with Gasteiger partial charge in [0.1, 0.15) is 5.52 Å². The fraction of sp³-hybridized carbons (Fsp3) is 0.125. The summed E-state index contributed by atoms with van der Waals surface area (Å²) in [6.07, 6.45) is 0. The number of rotatable bonds is 4. The number of nitrogens with zero attached hydrogens (tertiary/aromatic N) is 1. The summed E-state index contributed by atoms with van der Waals surface area (Å²) in [6.45, 7) is 2.48. The number of aryl methyl sites for hydroxylation is 1. The van der Waals surface area contributed by atoms with E-state index < -0.39 is 5.91 Å². The number of fused-ring (bicyclic) bond motifs is 1. The smallest absolute Gasteiger partial charge is 0.248 e. The van der Waals surface area contributed by atoms with Gasteiger partial charge < -0.3 is 15.5 Å². The molecule has 21 heavy (non-hydrogen) atoms. The average Bonchev–Trinajstić information content (AvgIpc) is 2.84. The first-order chi connectivity index (χ1) is 10.1. The number of hydrogen-bond donors (Lipinski definition) is 2. The molecule has 0 fully saturated rings. The fourth-order valence-electron chi connectivity index (χ4n) is 2.14. The lowest BCUT2D eigenvalue weighted by Gasteiger charge is -2.06. The molecule has 1 amide bonds. The molecular formula is C16H15N3O2. The van der Waals surface area contributed by atoms with Crippen molar-refractivity contribution in [1.29, 1.82) is 0 Å². The highest BCUT2D eigenvalue weighted by Gasteiger charge is 2.03. The Morgan fingerprint density at radius 1 is 1.24 bits per heavy atom. The van der Waals surface area contributed by atoms with Gasteiger partial charge in [-0.05, 0) is 35.9 Å². The Balaban J connectivity index is 1.71. The molecule has 106 valence electrons. The lowest BCUT2D eigenvalue weighted by molar-refractivity contribution is 0.100. The topological polar surface area (TPSA) is 81.1 Å². The number of nitrogens with one attached hydrogen (secondary N) is 1. The summed E-state index contributed by atoms with van der Waals surface area (Å²) in [6, 6.07) is 13.0. The predicted octanol–water partition coefficient (Wildman–Crippen LogP) is 2.85. The molecule has 0 radical (unpaired) electrons. The lowest BCUT2D eigenvalue weighted by atomic mass is 10.1. The average molecular weight is 281 g/mol. The van der Waals surface area contributed by atoms with E-state index in [1.165, 1.54) is 0 Å². The number of carbonyl (C=O) groups is 1. The van der Waals surface area contributed by atoms with E-state index in [0.717, 1.165) is 22.4 Å². The van der Waals surface area contributed by atoms with Crippen molar-refractivity contribution < 1.29 is 9.21 Å². The Kier molecular flexibility index (Phi) is 3.31. The van der Waals surface area contributed by atoms with E-state index in [2.05, 4.69) is 10.3 Å². The molecule has 0 spiro atoms. The van der Waals surface area contributed by atoms with Crippen LogP contribution in [0.15, 0.2) is 46.9 Å². The van der Waals surface area contributed by atoms with Crippen LogP contribution in [0.25, 0.3) is 11.1 Å². The molecule has 0 bridgehead atoms. The fourth-order valence-corrected chi connectivity index (χ4v) is 2.14. The van der Waals surface area contributed by atoms with Gasteiger partial charge in [0.2, 0.25) is 5.91 Å². The number of amides is 1. The Labute approximate surface area is 121 Å². The quantitative estimate of drug-likeness (QED) is 0.770. The van der Waals surface area contributed by atoms with Gasteiger partial charge in [0.15, 0.2) is 11.5 Å². The van der Waals surface area contributed by atoms with E-state index in [0.29, 0.717) is 18.0 Å². The Morgan fingerprint density at radius 2 is 2.00 bits per heavy atom. The van der Waals surface area contributed by atoms with Crippen LogP contribution in [-0.2, 0) is 6.54 Å². The summed E-state index contributed by atoms with van der Waals surface area (Å²) in [5, 5.41) is 3.31. The molecule has 0 unspecified atom stereocenters. The predicted molar refractivity (Wildman–Crippen MR) is 81.0 cm³/mol. The zero-order valence-corrected chi connectivity index (χ0v) is 11.6. The van der Waals surface area contributed by atoms with Crippen LogP contribution >= 0.6 is 0 Å². The molecule has 2 aromatic carbocycles. The first-order valence-electron chi connectivity index (χ1n) is 6.61. The number of nitrogens with two attached hydrogens (primary N) is 1. The third-order valence-corrected chi connectivity index (χ3v) is 3.23. The van der Waals surface area contributed by atoms with Crippen LogP contribution in [0.5, 0.6) is 0 Å². The molecule has 0 saturated heterocycles. The normalized spacial score (nSPS) is 10.7. The minimum Gasteiger partial charge on any atom is -0.441 e. The largest absolute Gasteiger partial charge is 0.441 e. The third kappa shape index (κ3) is 2.86. The molecule has 0 aliphatic carbocycles. The van der Waals surface area contributed by atoms with Crippen LogP contribution < -0.4 is 11.1 Å². The second-order valence-corrected chi connectivity index (χ2v) is 4.83. The molecular weight excluding hydrogens is 266 g/mol. The molecule has 5 nitrogen and oxygen atoms in total. The van der Waals surface area contributed by atoms with Gasteiger partial charge in [-0.2, -0.15) is 0 Å². The Bertz CT molecular complexity index is 791. The maximum atomic E-state index is 11.0. The molecule has 1 aromatic heterocycles. The standard InChI is InChI=1S/C16H15N3O2/c1-10-19-14-8-13(6-7-15(14)21-10)18-9-11-2-4-12(5-3-11)16(17)20/h2-8,18H,9H2,1H3,(H2,17,20). The number of benzene rings is 2. The van der Waals surface area contributed by atoms with Gasteiger partial charge in [-0.25, -0.2) is 4.98 Å². The molecule has 0 atom stereocenters. The van der Waals surface area contributed by atoms with Crippen molar-refractivity contribution in [3.8, 4) is 0 Å². The highest BCUT2D eigenvalue weighted by atomic mass is 16.3. The van der Waals surface area contributed by atoms with E-state index in [4.69, 9.17) is 10.2 Å². The Morgan fingerprint density at radius 3 is 2.71 bits per heavy atom. The number of oxazole rings is 1. The number of anilines is 1. The van der Waals surface area contributed by atoms with Crippen molar-refractivity contribution in [3.05, 3.63) is 59.5 Å². The highest BCUT2D eigenvalue weighted by Crippen LogP contribution is 2.20. The van der Waals surface area contributed by atoms with Crippen molar-refractivity contribution in [3.63, 3.8) is 0 Å². The van der Waals surface area contributed by atoms with E-state index in [-0.39, 0.29) is 0 Å². The molecule has 3 rings (SSSR count). The summed E-state index contributed by atoms with van der Waals surface area (Å²) >= 11 is 0. The minimum absolute atomic E-state index is 0.415.